The second kappa shape index (κ2) is 6.23. The molecule has 23 heavy (non-hydrogen) atoms. The van der Waals surface area contributed by atoms with Crippen LogP contribution in [0.5, 0.6) is 0 Å². The zero-order chi connectivity index (χ0) is 17.3. The number of rotatable bonds is 3. The maximum absolute atomic E-state index is 13.1. The fourth-order valence-electron chi connectivity index (χ4n) is 2.34. The highest BCUT2D eigenvalue weighted by atomic mass is 19.4. The Morgan fingerprint density at radius 1 is 0.783 bits per heavy atom. The van der Waals surface area contributed by atoms with Gasteiger partial charge < -0.3 is 5.73 Å². The smallest absolute Gasteiger partial charge is 0.330 e. The summed E-state index contributed by atoms with van der Waals surface area (Å²) in [5.74, 6) is 0. The van der Waals surface area contributed by atoms with E-state index in [1.54, 1.807) is 0 Å². The molecular formula is C16H13F6N. The normalized spacial score (nSPS) is 12.5. The van der Waals surface area contributed by atoms with Gasteiger partial charge in [0.05, 0.1) is 11.1 Å². The molecule has 0 saturated heterocycles. The van der Waals surface area contributed by atoms with Crippen molar-refractivity contribution in [2.24, 2.45) is 5.73 Å². The third-order valence-electron chi connectivity index (χ3n) is 3.37. The molecule has 2 aromatic rings. The van der Waals surface area contributed by atoms with Gasteiger partial charge in [-0.1, -0.05) is 24.3 Å². The molecule has 0 amide bonds. The van der Waals surface area contributed by atoms with Crippen LogP contribution in [0.4, 0.5) is 26.3 Å². The van der Waals surface area contributed by atoms with E-state index < -0.39 is 23.5 Å². The van der Waals surface area contributed by atoms with Crippen LogP contribution in [0.2, 0.25) is 0 Å². The SMILES string of the molecule is NCCc1ccc(C(F)(F)F)cc1-c1ccccc1C(F)(F)F. The Morgan fingerprint density at radius 3 is 2.00 bits per heavy atom. The summed E-state index contributed by atoms with van der Waals surface area (Å²) in [7, 11) is 0. The van der Waals surface area contributed by atoms with Gasteiger partial charge in [0, 0.05) is 0 Å². The molecule has 2 aromatic carbocycles. The van der Waals surface area contributed by atoms with E-state index in [1.165, 1.54) is 24.3 Å². The number of halogens is 6. The summed E-state index contributed by atoms with van der Waals surface area (Å²) in [5, 5.41) is 0. The van der Waals surface area contributed by atoms with E-state index in [9.17, 15) is 26.3 Å². The first-order valence-corrected chi connectivity index (χ1v) is 6.71. The van der Waals surface area contributed by atoms with Crippen molar-refractivity contribution in [2.45, 2.75) is 18.8 Å². The molecule has 0 aliphatic carbocycles. The van der Waals surface area contributed by atoms with Crippen LogP contribution in [-0.2, 0) is 18.8 Å². The monoisotopic (exact) mass is 333 g/mol. The second-order valence-corrected chi connectivity index (χ2v) is 4.95. The summed E-state index contributed by atoms with van der Waals surface area (Å²) in [4.78, 5) is 0. The summed E-state index contributed by atoms with van der Waals surface area (Å²) in [6.07, 6.45) is -9.12. The van der Waals surface area contributed by atoms with Gasteiger partial charge in [0.2, 0.25) is 0 Å². The first-order valence-electron chi connectivity index (χ1n) is 6.71. The highest BCUT2D eigenvalue weighted by Crippen LogP contribution is 2.40. The minimum atomic E-state index is -4.66. The van der Waals surface area contributed by atoms with E-state index in [1.807, 2.05) is 0 Å². The summed E-state index contributed by atoms with van der Waals surface area (Å²) in [6, 6.07) is 7.35. The number of benzene rings is 2. The quantitative estimate of drug-likeness (QED) is 0.795. The molecule has 1 nitrogen and oxygen atoms in total. The molecule has 0 aromatic heterocycles. The van der Waals surface area contributed by atoms with E-state index in [4.69, 9.17) is 5.73 Å². The Morgan fingerprint density at radius 2 is 1.43 bits per heavy atom. The van der Waals surface area contributed by atoms with E-state index in [-0.39, 0.29) is 24.1 Å². The van der Waals surface area contributed by atoms with Crippen molar-refractivity contribution < 1.29 is 26.3 Å². The predicted octanol–water partition coefficient (Wildman–Crippen LogP) is 4.89. The van der Waals surface area contributed by atoms with Crippen LogP contribution in [0, 0.1) is 0 Å². The van der Waals surface area contributed by atoms with Crippen molar-refractivity contribution in [3.63, 3.8) is 0 Å². The highest BCUT2D eigenvalue weighted by Gasteiger charge is 2.35. The molecule has 2 rings (SSSR count). The average Bonchev–Trinajstić information content (AvgIpc) is 2.46. The van der Waals surface area contributed by atoms with Gasteiger partial charge in [0.25, 0.3) is 0 Å². The summed E-state index contributed by atoms with van der Waals surface area (Å²) in [5.41, 5.74) is 3.40. The van der Waals surface area contributed by atoms with Gasteiger partial charge in [-0.25, -0.2) is 0 Å². The van der Waals surface area contributed by atoms with Gasteiger partial charge in [-0.2, -0.15) is 26.3 Å². The maximum atomic E-state index is 13.1. The predicted molar refractivity (Wildman–Crippen MR) is 74.6 cm³/mol. The Hall–Kier alpha value is -2.02. The Labute approximate surface area is 128 Å². The standard InChI is InChI=1S/C16H13F6N/c17-15(18,19)11-6-5-10(7-8-23)13(9-11)12-3-1-2-4-14(12)16(20,21)22/h1-6,9H,7-8,23H2. The third kappa shape index (κ3) is 3.85. The van der Waals surface area contributed by atoms with Crippen LogP contribution in [0.3, 0.4) is 0 Å². The molecule has 0 bridgehead atoms. The van der Waals surface area contributed by atoms with Crippen LogP contribution in [0.15, 0.2) is 42.5 Å². The minimum absolute atomic E-state index is 0.0989. The lowest BCUT2D eigenvalue weighted by Crippen LogP contribution is -2.11. The van der Waals surface area contributed by atoms with Crippen LogP contribution < -0.4 is 5.73 Å². The van der Waals surface area contributed by atoms with E-state index in [2.05, 4.69) is 0 Å². The molecule has 0 aliphatic heterocycles. The van der Waals surface area contributed by atoms with Gasteiger partial charge in [0.15, 0.2) is 0 Å². The van der Waals surface area contributed by atoms with Crippen LogP contribution >= 0.6 is 0 Å². The van der Waals surface area contributed by atoms with Crippen molar-refractivity contribution in [3.05, 3.63) is 59.2 Å². The van der Waals surface area contributed by atoms with Crippen molar-refractivity contribution in [1.82, 2.24) is 0 Å². The first kappa shape index (κ1) is 17.3. The van der Waals surface area contributed by atoms with Gasteiger partial charge in [-0.05, 0) is 47.9 Å². The van der Waals surface area contributed by atoms with Crippen LogP contribution in [0.25, 0.3) is 11.1 Å². The fraction of sp³-hybridized carbons (Fsp3) is 0.250. The number of hydrogen-bond acceptors (Lipinski definition) is 1. The van der Waals surface area contributed by atoms with Gasteiger partial charge in [-0.15, -0.1) is 0 Å². The van der Waals surface area contributed by atoms with Gasteiger partial charge >= 0.3 is 12.4 Å². The average molecular weight is 333 g/mol. The van der Waals surface area contributed by atoms with Crippen molar-refractivity contribution in [2.75, 3.05) is 6.54 Å². The maximum Gasteiger partial charge on any atom is 0.417 e. The summed E-state index contributed by atoms with van der Waals surface area (Å²) in [6.45, 7) is 0.118. The second-order valence-electron chi connectivity index (χ2n) is 4.95. The molecule has 2 N–H and O–H groups in total. The van der Waals surface area contributed by atoms with Crippen LogP contribution in [-0.4, -0.2) is 6.54 Å². The minimum Gasteiger partial charge on any atom is -0.330 e. The Kier molecular flexibility index (Phi) is 4.70. The Bertz CT molecular complexity index is 688. The topological polar surface area (TPSA) is 26.0 Å². The lowest BCUT2D eigenvalue weighted by Gasteiger charge is -2.17. The molecule has 7 heteroatoms. The highest BCUT2D eigenvalue weighted by molar-refractivity contribution is 5.72. The molecular weight excluding hydrogens is 320 g/mol. The number of nitrogens with two attached hydrogens (primary N) is 1. The zero-order valence-electron chi connectivity index (χ0n) is 11.8. The first-order chi connectivity index (χ1) is 10.6. The molecule has 0 aliphatic rings. The van der Waals surface area contributed by atoms with E-state index >= 15 is 0 Å². The fourth-order valence-corrected chi connectivity index (χ4v) is 2.34. The lowest BCUT2D eigenvalue weighted by atomic mass is 9.92. The Balaban J connectivity index is 2.71. The van der Waals surface area contributed by atoms with Crippen molar-refractivity contribution >= 4 is 0 Å². The summed E-state index contributed by atoms with van der Waals surface area (Å²) >= 11 is 0. The van der Waals surface area contributed by atoms with E-state index in [0.717, 1.165) is 18.2 Å². The van der Waals surface area contributed by atoms with Gasteiger partial charge in [0.1, 0.15) is 0 Å². The molecule has 0 spiro atoms. The molecule has 0 saturated carbocycles. The summed E-state index contributed by atoms with van der Waals surface area (Å²) < 4.78 is 78.1. The molecule has 0 heterocycles. The van der Waals surface area contributed by atoms with Gasteiger partial charge in [-0.3, -0.25) is 0 Å². The largest absolute Gasteiger partial charge is 0.417 e. The molecule has 0 atom stereocenters. The lowest BCUT2D eigenvalue weighted by molar-refractivity contribution is -0.137. The van der Waals surface area contributed by atoms with E-state index in [0.29, 0.717) is 5.56 Å². The number of hydrogen-bond donors (Lipinski definition) is 1. The molecule has 0 fully saturated rings. The van der Waals surface area contributed by atoms with Crippen molar-refractivity contribution in [1.29, 1.82) is 0 Å². The molecule has 0 radical (unpaired) electrons. The number of alkyl halides is 6. The van der Waals surface area contributed by atoms with Crippen molar-refractivity contribution in [3.8, 4) is 11.1 Å². The molecule has 0 unspecified atom stereocenters. The third-order valence-corrected chi connectivity index (χ3v) is 3.37. The van der Waals surface area contributed by atoms with Crippen LogP contribution in [0.1, 0.15) is 16.7 Å². The molecule has 124 valence electrons. The zero-order valence-corrected chi connectivity index (χ0v) is 11.8.